The molecule has 0 atom stereocenters. The second kappa shape index (κ2) is 6.35. The molecule has 1 heterocycles. The average molecular weight is 289 g/mol. The van der Waals surface area contributed by atoms with Crippen molar-refractivity contribution in [1.82, 2.24) is 15.0 Å². The normalized spacial score (nSPS) is 14.8. The molecule has 1 fully saturated rings. The predicted molar refractivity (Wildman–Crippen MR) is 78.0 cm³/mol. The number of hydrogen-bond acceptors (Lipinski definition) is 4. The van der Waals surface area contributed by atoms with Crippen molar-refractivity contribution in [2.24, 2.45) is 5.92 Å². The molecule has 3 rings (SSSR count). The van der Waals surface area contributed by atoms with Crippen LogP contribution in [0.25, 0.3) is 11.4 Å². The molecule has 1 aromatic carbocycles. The van der Waals surface area contributed by atoms with E-state index >= 15 is 0 Å². The number of nitrogens with zero attached hydrogens (tertiary/aromatic N) is 3. The molecule has 2 aromatic rings. The maximum atomic E-state index is 12.9. The summed E-state index contributed by atoms with van der Waals surface area (Å²) < 4.78 is 18.3. The lowest BCUT2D eigenvalue weighted by Gasteiger charge is -2.18. The smallest absolute Gasteiger partial charge is 0.241 e. The van der Waals surface area contributed by atoms with Gasteiger partial charge in [-0.15, -0.1) is 0 Å². The molecule has 5 heteroatoms. The van der Waals surface area contributed by atoms with Gasteiger partial charge in [0.1, 0.15) is 5.82 Å². The van der Waals surface area contributed by atoms with Gasteiger partial charge in [0.05, 0.1) is 6.54 Å². The summed E-state index contributed by atoms with van der Waals surface area (Å²) in [6, 6.07) is 6.14. The SMILES string of the molecule is CCCN(Cc1nc(-c2ccc(F)cc2)no1)CC1CC1. The van der Waals surface area contributed by atoms with Gasteiger partial charge in [0.15, 0.2) is 0 Å². The molecule has 1 aromatic heterocycles. The summed E-state index contributed by atoms with van der Waals surface area (Å²) in [7, 11) is 0. The Morgan fingerprint density at radius 3 is 2.71 bits per heavy atom. The van der Waals surface area contributed by atoms with Crippen molar-refractivity contribution < 1.29 is 8.91 Å². The largest absolute Gasteiger partial charge is 0.338 e. The Morgan fingerprint density at radius 1 is 1.29 bits per heavy atom. The van der Waals surface area contributed by atoms with Crippen molar-refractivity contribution >= 4 is 0 Å². The van der Waals surface area contributed by atoms with Crippen LogP contribution in [0.3, 0.4) is 0 Å². The van der Waals surface area contributed by atoms with Crippen molar-refractivity contribution in [1.29, 1.82) is 0 Å². The van der Waals surface area contributed by atoms with Gasteiger partial charge in [0, 0.05) is 12.1 Å². The lowest BCUT2D eigenvalue weighted by molar-refractivity contribution is 0.219. The maximum Gasteiger partial charge on any atom is 0.241 e. The van der Waals surface area contributed by atoms with Crippen LogP contribution in [0.2, 0.25) is 0 Å². The van der Waals surface area contributed by atoms with Gasteiger partial charge in [-0.1, -0.05) is 12.1 Å². The summed E-state index contributed by atoms with van der Waals surface area (Å²) in [5.74, 6) is 1.73. The summed E-state index contributed by atoms with van der Waals surface area (Å²) >= 11 is 0. The number of benzene rings is 1. The maximum absolute atomic E-state index is 12.9. The van der Waals surface area contributed by atoms with Gasteiger partial charge in [-0.3, -0.25) is 4.90 Å². The molecule has 0 saturated heterocycles. The Bertz CT molecular complexity index is 577. The van der Waals surface area contributed by atoms with Gasteiger partial charge in [-0.2, -0.15) is 4.98 Å². The van der Waals surface area contributed by atoms with Crippen LogP contribution in [-0.4, -0.2) is 28.1 Å². The summed E-state index contributed by atoms with van der Waals surface area (Å²) in [6.45, 7) is 5.03. The minimum absolute atomic E-state index is 0.263. The van der Waals surface area contributed by atoms with Crippen LogP contribution in [0.1, 0.15) is 32.1 Å². The highest BCUT2D eigenvalue weighted by molar-refractivity contribution is 5.53. The first-order valence-corrected chi connectivity index (χ1v) is 7.55. The molecular weight excluding hydrogens is 269 g/mol. The Labute approximate surface area is 124 Å². The zero-order chi connectivity index (χ0) is 14.7. The number of hydrogen-bond donors (Lipinski definition) is 0. The minimum Gasteiger partial charge on any atom is -0.338 e. The zero-order valence-electron chi connectivity index (χ0n) is 12.3. The number of aromatic nitrogens is 2. The van der Waals surface area contributed by atoms with Crippen LogP contribution in [-0.2, 0) is 6.54 Å². The monoisotopic (exact) mass is 289 g/mol. The van der Waals surface area contributed by atoms with Crippen LogP contribution in [0.5, 0.6) is 0 Å². The van der Waals surface area contributed by atoms with Crippen LogP contribution >= 0.6 is 0 Å². The summed E-state index contributed by atoms with van der Waals surface area (Å²) in [4.78, 5) is 6.79. The van der Waals surface area contributed by atoms with Crippen molar-refractivity contribution in [2.75, 3.05) is 13.1 Å². The standard InChI is InChI=1S/C16H20FN3O/c1-2-9-20(10-12-3-4-12)11-15-18-16(19-21-15)13-5-7-14(17)8-6-13/h5-8,12H,2-4,9-11H2,1H3. The van der Waals surface area contributed by atoms with Crippen LogP contribution in [0.15, 0.2) is 28.8 Å². The quantitative estimate of drug-likeness (QED) is 0.782. The predicted octanol–water partition coefficient (Wildman–Crippen LogP) is 3.50. The van der Waals surface area contributed by atoms with Gasteiger partial charge < -0.3 is 4.52 Å². The molecule has 0 unspecified atom stereocenters. The van der Waals surface area contributed by atoms with E-state index in [1.807, 2.05) is 0 Å². The van der Waals surface area contributed by atoms with Crippen LogP contribution in [0, 0.1) is 11.7 Å². The van der Waals surface area contributed by atoms with Crippen molar-refractivity contribution in [3.8, 4) is 11.4 Å². The minimum atomic E-state index is -0.263. The van der Waals surface area contributed by atoms with E-state index in [-0.39, 0.29) is 5.82 Å². The van der Waals surface area contributed by atoms with Crippen molar-refractivity contribution in [2.45, 2.75) is 32.7 Å². The molecule has 112 valence electrons. The summed E-state index contributed by atoms with van der Waals surface area (Å²) in [5.41, 5.74) is 0.774. The third kappa shape index (κ3) is 3.88. The molecule has 0 spiro atoms. The molecule has 1 aliphatic carbocycles. The lowest BCUT2D eigenvalue weighted by atomic mass is 10.2. The lowest BCUT2D eigenvalue weighted by Crippen LogP contribution is -2.26. The van der Waals surface area contributed by atoms with Crippen molar-refractivity contribution in [3.05, 3.63) is 36.0 Å². The molecule has 0 bridgehead atoms. The Hall–Kier alpha value is -1.75. The summed E-state index contributed by atoms with van der Waals surface area (Å²) in [5, 5.41) is 3.99. The van der Waals surface area contributed by atoms with Gasteiger partial charge in [0.2, 0.25) is 11.7 Å². The first-order valence-electron chi connectivity index (χ1n) is 7.55. The number of halogens is 1. The Balaban J connectivity index is 1.66. The van der Waals surface area contributed by atoms with Gasteiger partial charge in [-0.05, 0) is 56.0 Å². The van der Waals surface area contributed by atoms with E-state index < -0.39 is 0 Å². The molecule has 21 heavy (non-hydrogen) atoms. The third-order valence-electron chi connectivity index (χ3n) is 3.68. The summed E-state index contributed by atoms with van der Waals surface area (Å²) in [6.07, 6.45) is 3.79. The average Bonchev–Trinajstić information content (AvgIpc) is 3.16. The first kappa shape index (κ1) is 14.2. The van der Waals surface area contributed by atoms with E-state index in [1.165, 1.54) is 25.0 Å². The highest BCUT2D eigenvalue weighted by Gasteiger charge is 2.25. The second-order valence-electron chi connectivity index (χ2n) is 5.70. The molecule has 4 nitrogen and oxygen atoms in total. The Morgan fingerprint density at radius 2 is 2.05 bits per heavy atom. The zero-order valence-corrected chi connectivity index (χ0v) is 12.3. The fourth-order valence-electron chi connectivity index (χ4n) is 2.44. The van der Waals surface area contributed by atoms with E-state index in [9.17, 15) is 4.39 Å². The molecule has 0 aliphatic heterocycles. The highest BCUT2D eigenvalue weighted by atomic mass is 19.1. The van der Waals surface area contributed by atoms with Crippen molar-refractivity contribution in [3.63, 3.8) is 0 Å². The molecule has 1 aliphatic rings. The molecular formula is C16H20FN3O. The van der Waals surface area contributed by atoms with Gasteiger partial charge in [0.25, 0.3) is 0 Å². The topological polar surface area (TPSA) is 42.2 Å². The molecule has 1 saturated carbocycles. The fraction of sp³-hybridized carbons (Fsp3) is 0.500. The van der Waals surface area contributed by atoms with Crippen LogP contribution < -0.4 is 0 Å². The molecule has 0 amide bonds. The first-order chi connectivity index (χ1) is 10.2. The fourth-order valence-corrected chi connectivity index (χ4v) is 2.44. The number of rotatable bonds is 7. The molecule has 0 N–H and O–H groups in total. The second-order valence-corrected chi connectivity index (χ2v) is 5.70. The van der Waals surface area contributed by atoms with E-state index in [0.717, 1.165) is 31.0 Å². The van der Waals surface area contributed by atoms with E-state index in [1.54, 1.807) is 12.1 Å². The molecule has 0 radical (unpaired) electrons. The van der Waals surface area contributed by atoms with Gasteiger partial charge in [-0.25, -0.2) is 4.39 Å². The Kier molecular flexibility index (Phi) is 4.29. The van der Waals surface area contributed by atoms with Gasteiger partial charge >= 0.3 is 0 Å². The highest BCUT2D eigenvalue weighted by Crippen LogP contribution is 2.30. The van der Waals surface area contributed by atoms with E-state index in [4.69, 9.17) is 4.52 Å². The van der Waals surface area contributed by atoms with E-state index in [0.29, 0.717) is 18.3 Å². The third-order valence-corrected chi connectivity index (χ3v) is 3.68. The van der Waals surface area contributed by atoms with E-state index in [2.05, 4.69) is 22.0 Å². The van der Waals surface area contributed by atoms with Crippen LogP contribution in [0.4, 0.5) is 4.39 Å².